The first kappa shape index (κ1) is 13.0. The number of ether oxygens (including phenoxy) is 1. The SMILES string of the molecule is C[C@H]1O[C@@H]([C@H](O)C(O)CO)[C@H](C=O)NC1=O. The first-order chi connectivity index (χ1) is 7.51. The Labute approximate surface area is 92.0 Å². The van der Waals surface area contributed by atoms with Crippen LogP contribution in [0.1, 0.15) is 6.92 Å². The molecule has 0 radical (unpaired) electrons. The highest BCUT2D eigenvalue weighted by molar-refractivity contribution is 5.84. The summed E-state index contributed by atoms with van der Waals surface area (Å²) in [4.78, 5) is 21.9. The lowest BCUT2D eigenvalue weighted by Crippen LogP contribution is -2.61. The molecular formula is C9H15NO6. The molecule has 1 rings (SSSR count). The van der Waals surface area contributed by atoms with Crippen LogP contribution in [0.3, 0.4) is 0 Å². The van der Waals surface area contributed by atoms with Gasteiger partial charge in [-0.15, -0.1) is 0 Å². The number of amides is 1. The maximum Gasteiger partial charge on any atom is 0.249 e. The van der Waals surface area contributed by atoms with Crippen molar-refractivity contribution in [1.82, 2.24) is 5.32 Å². The van der Waals surface area contributed by atoms with E-state index < -0.39 is 43.0 Å². The van der Waals surface area contributed by atoms with Gasteiger partial charge in [0.25, 0.3) is 0 Å². The fourth-order valence-electron chi connectivity index (χ4n) is 1.48. The second-order valence-corrected chi connectivity index (χ2v) is 3.65. The van der Waals surface area contributed by atoms with Gasteiger partial charge in [0, 0.05) is 0 Å². The third-order valence-electron chi connectivity index (χ3n) is 2.46. The Bertz CT molecular complexity index is 271. The summed E-state index contributed by atoms with van der Waals surface area (Å²) >= 11 is 0. The van der Waals surface area contributed by atoms with Crippen molar-refractivity contribution in [3.63, 3.8) is 0 Å². The van der Waals surface area contributed by atoms with Gasteiger partial charge in [0.15, 0.2) is 0 Å². The Balaban J connectivity index is 2.76. The van der Waals surface area contributed by atoms with Gasteiger partial charge in [-0.3, -0.25) is 4.79 Å². The summed E-state index contributed by atoms with van der Waals surface area (Å²) in [7, 11) is 0. The molecule has 0 aromatic heterocycles. The minimum Gasteiger partial charge on any atom is -0.394 e. The van der Waals surface area contributed by atoms with E-state index in [4.69, 9.17) is 9.84 Å². The quantitative estimate of drug-likeness (QED) is 0.389. The second kappa shape index (κ2) is 5.35. The summed E-state index contributed by atoms with van der Waals surface area (Å²) in [5.74, 6) is -0.459. The minimum absolute atomic E-state index is 0.418. The van der Waals surface area contributed by atoms with E-state index in [0.717, 1.165) is 0 Å². The number of carbonyl (C=O) groups excluding carboxylic acids is 2. The monoisotopic (exact) mass is 233 g/mol. The van der Waals surface area contributed by atoms with Crippen molar-refractivity contribution in [2.45, 2.75) is 37.4 Å². The maximum absolute atomic E-state index is 11.2. The number of aliphatic hydroxyl groups is 3. The van der Waals surface area contributed by atoms with Crippen LogP contribution in [0.15, 0.2) is 0 Å². The highest BCUT2D eigenvalue weighted by atomic mass is 16.5. The van der Waals surface area contributed by atoms with Gasteiger partial charge < -0.3 is 30.2 Å². The van der Waals surface area contributed by atoms with Gasteiger partial charge in [-0.05, 0) is 6.92 Å². The van der Waals surface area contributed by atoms with Gasteiger partial charge in [0.05, 0.1) is 6.61 Å². The van der Waals surface area contributed by atoms with E-state index in [-0.39, 0.29) is 0 Å². The first-order valence-corrected chi connectivity index (χ1v) is 4.89. The maximum atomic E-state index is 11.2. The highest BCUT2D eigenvalue weighted by Crippen LogP contribution is 2.15. The summed E-state index contributed by atoms with van der Waals surface area (Å²) in [6.07, 6.45) is -4.33. The zero-order valence-electron chi connectivity index (χ0n) is 8.74. The molecular weight excluding hydrogens is 218 g/mol. The Kier molecular flexibility index (Phi) is 4.36. The van der Waals surface area contributed by atoms with Crippen LogP contribution in [-0.2, 0) is 14.3 Å². The van der Waals surface area contributed by atoms with Crippen LogP contribution in [0, 0.1) is 0 Å². The lowest BCUT2D eigenvalue weighted by Gasteiger charge is -2.36. The van der Waals surface area contributed by atoms with E-state index in [2.05, 4.69) is 5.32 Å². The largest absolute Gasteiger partial charge is 0.394 e. The molecule has 5 atom stereocenters. The molecule has 1 fully saturated rings. The molecule has 0 aliphatic carbocycles. The fourth-order valence-corrected chi connectivity index (χ4v) is 1.48. The summed E-state index contributed by atoms with van der Waals surface area (Å²) in [5, 5.41) is 29.9. The van der Waals surface area contributed by atoms with Crippen LogP contribution in [0.25, 0.3) is 0 Å². The lowest BCUT2D eigenvalue weighted by atomic mass is 9.99. The average Bonchev–Trinajstić information content (AvgIpc) is 2.30. The second-order valence-electron chi connectivity index (χ2n) is 3.65. The van der Waals surface area contributed by atoms with Crippen LogP contribution in [0.2, 0.25) is 0 Å². The molecule has 1 amide bonds. The molecule has 1 unspecified atom stereocenters. The Morgan fingerprint density at radius 3 is 2.69 bits per heavy atom. The third kappa shape index (κ3) is 2.56. The number of aliphatic hydroxyl groups excluding tert-OH is 3. The van der Waals surface area contributed by atoms with Crippen molar-refractivity contribution in [2.24, 2.45) is 0 Å². The molecule has 1 heterocycles. The van der Waals surface area contributed by atoms with Crippen molar-refractivity contribution >= 4 is 12.2 Å². The summed E-state index contributed by atoms with van der Waals surface area (Å²) < 4.78 is 5.12. The molecule has 16 heavy (non-hydrogen) atoms. The number of aldehydes is 1. The zero-order valence-corrected chi connectivity index (χ0v) is 8.74. The van der Waals surface area contributed by atoms with E-state index in [1.807, 2.05) is 0 Å². The average molecular weight is 233 g/mol. The normalized spacial score (nSPS) is 34.0. The molecule has 0 spiro atoms. The summed E-state index contributed by atoms with van der Waals surface area (Å²) in [6.45, 7) is 0.802. The molecule has 0 bridgehead atoms. The molecule has 0 aromatic carbocycles. The van der Waals surface area contributed by atoms with E-state index in [1.54, 1.807) is 0 Å². The van der Waals surface area contributed by atoms with Crippen molar-refractivity contribution in [3.05, 3.63) is 0 Å². The molecule has 1 aliphatic rings. The Morgan fingerprint density at radius 2 is 2.19 bits per heavy atom. The third-order valence-corrected chi connectivity index (χ3v) is 2.46. The predicted octanol–water partition coefficient (Wildman–Crippen LogP) is -2.83. The Hall–Kier alpha value is -1.02. The number of carbonyl (C=O) groups is 2. The van der Waals surface area contributed by atoms with E-state index in [0.29, 0.717) is 6.29 Å². The van der Waals surface area contributed by atoms with Crippen molar-refractivity contribution in [3.8, 4) is 0 Å². The number of rotatable bonds is 4. The Morgan fingerprint density at radius 1 is 1.56 bits per heavy atom. The minimum atomic E-state index is -1.44. The number of hydrogen-bond donors (Lipinski definition) is 4. The van der Waals surface area contributed by atoms with E-state index >= 15 is 0 Å². The predicted molar refractivity (Wildman–Crippen MR) is 51.4 cm³/mol. The summed E-state index contributed by atoms with van der Waals surface area (Å²) in [5.41, 5.74) is 0. The number of nitrogens with one attached hydrogen (secondary N) is 1. The van der Waals surface area contributed by atoms with Gasteiger partial charge in [-0.25, -0.2) is 0 Å². The van der Waals surface area contributed by atoms with Crippen molar-refractivity contribution in [1.29, 1.82) is 0 Å². The van der Waals surface area contributed by atoms with Crippen LogP contribution < -0.4 is 5.32 Å². The molecule has 92 valence electrons. The lowest BCUT2D eigenvalue weighted by molar-refractivity contribution is -0.170. The number of morpholine rings is 1. The van der Waals surface area contributed by atoms with Gasteiger partial charge in [-0.1, -0.05) is 0 Å². The molecule has 7 heteroatoms. The van der Waals surface area contributed by atoms with Gasteiger partial charge in [0.1, 0.15) is 36.7 Å². The van der Waals surface area contributed by atoms with Crippen LogP contribution in [0.5, 0.6) is 0 Å². The molecule has 7 nitrogen and oxygen atoms in total. The smallest absolute Gasteiger partial charge is 0.249 e. The van der Waals surface area contributed by atoms with Crippen LogP contribution in [0.4, 0.5) is 0 Å². The van der Waals surface area contributed by atoms with Crippen LogP contribution in [-0.4, -0.2) is 64.6 Å². The van der Waals surface area contributed by atoms with Gasteiger partial charge in [0.2, 0.25) is 5.91 Å². The van der Waals surface area contributed by atoms with Gasteiger partial charge in [-0.2, -0.15) is 0 Å². The molecule has 1 aliphatic heterocycles. The van der Waals surface area contributed by atoms with E-state index in [1.165, 1.54) is 6.92 Å². The van der Waals surface area contributed by atoms with Gasteiger partial charge >= 0.3 is 0 Å². The van der Waals surface area contributed by atoms with E-state index in [9.17, 15) is 19.8 Å². The molecule has 4 N–H and O–H groups in total. The van der Waals surface area contributed by atoms with Crippen molar-refractivity contribution < 1.29 is 29.6 Å². The topological polar surface area (TPSA) is 116 Å². The first-order valence-electron chi connectivity index (χ1n) is 4.89. The molecule has 0 aromatic rings. The molecule has 1 saturated heterocycles. The van der Waals surface area contributed by atoms with Crippen molar-refractivity contribution in [2.75, 3.05) is 6.61 Å². The zero-order chi connectivity index (χ0) is 12.3. The summed E-state index contributed by atoms with van der Waals surface area (Å²) in [6, 6.07) is -1.03. The fraction of sp³-hybridized carbons (Fsp3) is 0.778. The standard InChI is InChI=1S/C9H15NO6/c1-4-9(15)10-5(2-11)8(16-4)7(14)6(13)3-12/h2,4-8,12-14H,3H2,1H3,(H,10,15)/t4-,5+,6?,7-,8-/m1/s1. The highest BCUT2D eigenvalue weighted by Gasteiger charge is 2.40. The number of hydrogen-bond acceptors (Lipinski definition) is 6. The van der Waals surface area contributed by atoms with Crippen LogP contribution >= 0.6 is 0 Å². The molecule has 0 saturated carbocycles.